The monoisotopic (exact) mass is 300 g/mol. The highest BCUT2D eigenvalue weighted by Crippen LogP contribution is 2.22. The maximum Gasteiger partial charge on any atom is 0.241 e. The molecule has 1 heterocycles. The lowest BCUT2D eigenvalue weighted by Gasteiger charge is -2.20. The molecule has 0 aliphatic rings. The van der Waals surface area contributed by atoms with Crippen LogP contribution in [-0.4, -0.2) is 11.9 Å². The third-order valence-electron chi connectivity index (χ3n) is 3.79. The Hall–Kier alpha value is -2.07. The molecule has 2 rings (SSSR count). The van der Waals surface area contributed by atoms with E-state index in [1.54, 1.807) is 6.26 Å². The lowest BCUT2D eigenvalue weighted by Crippen LogP contribution is -2.39. The van der Waals surface area contributed by atoms with Crippen LogP contribution >= 0.6 is 0 Å². The average molecular weight is 300 g/mol. The van der Waals surface area contributed by atoms with Gasteiger partial charge in [-0.05, 0) is 57.9 Å². The van der Waals surface area contributed by atoms with Crippen LogP contribution in [0.15, 0.2) is 34.9 Å². The van der Waals surface area contributed by atoms with Gasteiger partial charge in [0.05, 0.1) is 18.3 Å². The number of aryl methyl sites for hydroxylation is 3. The van der Waals surface area contributed by atoms with Crippen molar-refractivity contribution in [2.45, 2.75) is 46.7 Å². The van der Waals surface area contributed by atoms with Crippen molar-refractivity contribution >= 4 is 11.6 Å². The third kappa shape index (κ3) is 3.77. The van der Waals surface area contributed by atoms with Crippen molar-refractivity contribution in [1.82, 2.24) is 5.32 Å². The molecule has 0 bridgehead atoms. The fraction of sp³-hybridized carbons (Fsp3) is 0.389. The van der Waals surface area contributed by atoms with Crippen LogP contribution < -0.4 is 10.6 Å². The Morgan fingerprint density at radius 3 is 2.32 bits per heavy atom. The van der Waals surface area contributed by atoms with Gasteiger partial charge < -0.3 is 9.73 Å². The highest BCUT2D eigenvalue weighted by atomic mass is 16.3. The molecule has 0 unspecified atom stereocenters. The van der Waals surface area contributed by atoms with E-state index in [0.29, 0.717) is 0 Å². The van der Waals surface area contributed by atoms with Gasteiger partial charge in [-0.25, -0.2) is 0 Å². The fourth-order valence-electron chi connectivity index (χ4n) is 2.68. The number of hydrogen-bond donors (Lipinski definition) is 2. The van der Waals surface area contributed by atoms with Gasteiger partial charge in [0.1, 0.15) is 5.76 Å². The molecule has 0 fully saturated rings. The molecule has 4 heteroatoms. The van der Waals surface area contributed by atoms with Crippen molar-refractivity contribution in [3.63, 3.8) is 0 Å². The Kier molecular flexibility index (Phi) is 5.03. The summed E-state index contributed by atoms with van der Waals surface area (Å²) in [6.45, 7) is 9.91. The van der Waals surface area contributed by atoms with E-state index in [9.17, 15) is 4.79 Å². The van der Waals surface area contributed by atoms with E-state index in [1.165, 1.54) is 5.56 Å². The fourth-order valence-corrected chi connectivity index (χ4v) is 2.68. The number of furan rings is 1. The molecular weight excluding hydrogens is 276 g/mol. The largest absolute Gasteiger partial charge is 0.468 e. The Morgan fingerprint density at radius 2 is 1.77 bits per heavy atom. The number of anilines is 1. The molecular formula is C18H24N2O2. The molecule has 0 saturated heterocycles. The van der Waals surface area contributed by atoms with Crippen LogP contribution in [0.3, 0.4) is 0 Å². The van der Waals surface area contributed by atoms with Gasteiger partial charge in [-0.1, -0.05) is 17.7 Å². The molecule has 0 spiro atoms. The summed E-state index contributed by atoms with van der Waals surface area (Å²) in [6.07, 6.45) is 1.64. The first-order chi connectivity index (χ1) is 10.4. The number of carbonyl (C=O) groups excluding carboxylic acids is 1. The number of hydrogen-bond acceptors (Lipinski definition) is 3. The molecule has 1 aromatic heterocycles. The van der Waals surface area contributed by atoms with Crippen LogP contribution in [0.2, 0.25) is 0 Å². The van der Waals surface area contributed by atoms with E-state index >= 15 is 0 Å². The van der Waals surface area contributed by atoms with Crippen LogP contribution in [0.4, 0.5) is 5.69 Å². The lowest BCUT2D eigenvalue weighted by atomic mass is 10.0. The highest BCUT2D eigenvalue weighted by molar-refractivity contribution is 5.96. The summed E-state index contributed by atoms with van der Waals surface area (Å²) in [6, 6.07) is 7.56. The first kappa shape index (κ1) is 16.3. The summed E-state index contributed by atoms with van der Waals surface area (Å²) >= 11 is 0. The number of benzene rings is 1. The number of rotatable bonds is 5. The zero-order valence-electron chi connectivity index (χ0n) is 13.9. The van der Waals surface area contributed by atoms with Crippen LogP contribution in [-0.2, 0) is 4.79 Å². The first-order valence-corrected chi connectivity index (χ1v) is 7.56. The van der Waals surface area contributed by atoms with Gasteiger partial charge in [0.2, 0.25) is 5.91 Å². The number of amides is 1. The van der Waals surface area contributed by atoms with E-state index in [0.717, 1.165) is 22.6 Å². The van der Waals surface area contributed by atoms with E-state index in [2.05, 4.69) is 29.7 Å². The summed E-state index contributed by atoms with van der Waals surface area (Å²) in [5.74, 6) is 0.774. The summed E-state index contributed by atoms with van der Waals surface area (Å²) in [5, 5.41) is 6.27. The molecule has 2 N–H and O–H groups in total. The van der Waals surface area contributed by atoms with Crippen LogP contribution in [0.1, 0.15) is 42.3 Å². The van der Waals surface area contributed by atoms with Gasteiger partial charge in [-0.2, -0.15) is 0 Å². The number of carbonyl (C=O) groups is 1. The average Bonchev–Trinajstić information content (AvgIpc) is 2.96. The maximum atomic E-state index is 12.4. The van der Waals surface area contributed by atoms with Crippen molar-refractivity contribution in [3.8, 4) is 0 Å². The van der Waals surface area contributed by atoms with Gasteiger partial charge in [0.15, 0.2) is 0 Å². The molecule has 1 aromatic carbocycles. The van der Waals surface area contributed by atoms with Crippen molar-refractivity contribution in [1.29, 1.82) is 0 Å². The smallest absolute Gasteiger partial charge is 0.241 e. The summed E-state index contributed by atoms with van der Waals surface area (Å²) in [5.41, 5.74) is 4.26. The van der Waals surface area contributed by atoms with Crippen LogP contribution in [0.25, 0.3) is 0 Å². The molecule has 0 saturated carbocycles. The van der Waals surface area contributed by atoms with Crippen molar-refractivity contribution in [2.24, 2.45) is 0 Å². The predicted molar refractivity (Wildman–Crippen MR) is 89.0 cm³/mol. The second kappa shape index (κ2) is 6.79. The highest BCUT2D eigenvalue weighted by Gasteiger charge is 2.19. The normalized spacial score (nSPS) is 13.7. The molecule has 22 heavy (non-hydrogen) atoms. The van der Waals surface area contributed by atoms with Crippen molar-refractivity contribution < 1.29 is 9.21 Å². The van der Waals surface area contributed by atoms with Gasteiger partial charge >= 0.3 is 0 Å². The Morgan fingerprint density at radius 1 is 1.14 bits per heavy atom. The van der Waals surface area contributed by atoms with E-state index in [4.69, 9.17) is 4.42 Å². The minimum Gasteiger partial charge on any atom is -0.468 e. The minimum absolute atomic E-state index is 0.0176. The first-order valence-electron chi connectivity index (χ1n) is 7.56. The zero-order valence-corrected chi connectivity index (χ0v) is 13.9. The second-order valence-electron chi connectivity index (χ2n) is 5.89. The Bertz CT molecular complexity index is 624. The van der Waals surface area contributed by atoms with Crippen molar-refractivity contribution in [2.75, 3.05) is 5.32 Å². The summed E-state index contributed by atoms with van der Waals surface area (Å²) in [4.78, 5) is 12.4. The minimum atomic E-state index is -0.319. The molecule has 4 nitrogen and oxygen atoms in total. The Balaban J connectivity index is 2.03. The zero-order chi connectivity index (χ0) is 16.3. The van der Waals surface area contributed by atoms with Crippen LogP contribution in [0, 0.1) is 20.8 Å². The molecule has 1 amide bonds. The molecule has 2 atom stereocenters. The number of nitrogens with one attached hydrogen (secondary N) is 2. The SMILES string of the molecule is Cc1cc(C)c(NC(=O)[C@H](C)N[C@H](C)c2ccco2)c(C)c1. The molecule has 118 valence electrons. The summed E-state index contributed by atoms with van der Waals surface area (Å²) < 4.78 is 5.35. The topological polar surface area (TPSA) is 54.3 Å². The van der Waals surface area contributed by atoms with E-state index in [1.807, 2.05) is 39.8 Å². The standard InChI is InChI=1S/C18H24N2O2/c1-11-9-12(2)17(13(3)10-11)20-18(21)15(5)19-14(4)16-7-6-8-22-16/h6-10,14-15,19H,1-5H3,(H,20,21)/t14-,15+/m1/s1. The lowest BCUT2D eigenvalue weighted by molar-refractivity contribution is -0.118. The molecule has 0 radical (unpaired) electrons. The molecule has 2 aromatic rings. The maximum absolute atomic E-state index is 12.4. The molecule has 0 aliphatic heterocycles. The Labute approximate surface area is 131 Å². The van der Waals surface area contributed by atoms with Gasteiger partial charge in [-0.15, -0.1) is 0 Å². The second-order valence-corrected chi connectivity index (χ2v) is 5.89. The van der Waals surface area contributed by atoms with Crippen molar-refractivity contribution in [3.05, 3.63) is 53.0 Å². The van der Waals surface area contributed by atoms with Crippen LogP contribution in [0.5, 0.6) is 0 Å². The molecule has 0 aliphatic carbocycles. The predicted octanol–water partition coefficient (Wildman–Crippen LogP) is 3.88. The van der Waals surface area contributed by atoms with E-state index in [-0.39, 0.29) is 18.0 Å². The van der Waals surface area contributed by atoms with Gasteiger partial charge in [-0.3, -0.25) is 10.1 Å². The summed E-state index contributed by atoms with van der Waals surface area (Å²) in [7, 11) is 0. The quantitative estimate of drug-likeness (QED) is 0.881. The van der Waals surface area contributed by atoms with Gasteiger partial charge in [0, 0.05) is 5.69 Å². The van der Waals surface area contributed by atoms with Gasteiger partial charge in [0.25, 0.3) is 0 Å². The third-order valence-corrected chi connectivity index (χ3v) is 3.79. The van der Waals surface area contributed by atoms with E-state index < -0.39 is 0 Å².